The van der Waals surface area contributed by atoms with Crippen LogP contribution in [0.4, 0.5) is 0 Å². The number of hydrogen-bond donors (Lipinski definition) is 1. The van der Waals surface area contributed by atoms with Gasteiger partial charge in [0.25, 0.3) is 0 Å². The Morgan fingerprint density at radius 3 is 2.17 bits per heavy atom. The zero-order valence-corrected chi connectivity index (χ0v) is 13.1. The van der Waals surface area contributed by atoms with E-state index < -0.39 is 0 Å². The predicted molar refractivity (Wildman–Crippen MR) is 80.1 cm³/mol. The summed E-state index contributed by atoms with van der Waals surface area (Å²) >= 11 is 0. The molecule has 0 radical (unpaired) electrons. The van der Waals surface area contributed by atoms with Gasteiger partial charge in [0.05, 0.1) is 0 Å². The van der Waals surface area contributed by atoms with Gasteiger partial charge in [0.1, 0.15) is 0 Å². The second kappa shape index (κ2) is 7.46. The molecule has 0 amide bonds. The van der Waals surface area contributed by atoms with Crippen LogP contribution >= 0.6 is 0 Å². The molecular formula is C15H33N3. The summed E-state index contributed by atoms with van der Waals surface area (Å²) in [6.45, 7) is 19.9. The van der Waals surface area contributed by atoms with Crippen LogP contribution in [0.15, 0.2) is 0 Å². The van der Waals surface area contributed by atoms with E-state index in [4.69, 9.17) is 0 Å². The highest BCUT2D eigenvalue weighted by molar-refractivity contribution is 4.83. The van der Waals surface area contributed by atoms with Crippen LogP contribution in [0.5, 0.6) is 0 Å². The maximum atomic E-state index is 3.52. The Morgan fingerprint density at radius 2 is 1.72 bits per heavy atom. The molecule has 0 bridgehead atoms. The second-order valence-corrected chi connectivity index (χ2v) is 6.35. The fourth-order valence-corrected chi connectivity index (χ4v) is 2.70. The van der Waals surface area contributed by atoms with Gasteiger partial charge in [0, 0.05) is 45.3 Å². The molecule has 1 heterocycles. The molecule has 1 fully saturated rings. The van der Waals surface area contributed by atoms with Crippen LogP contribution in [0, 0.1) is 5.41 Å². The number of nitrogens with zero attached hydrogens (tertiary/aromatic N) is 2. The Morgan fingerprint density at radius 1 is 1.11 bits per heavy atom. The van der Waals surface area contributed by atoms with Gasteiger partial charge >= 0.3 is 0 Å². The minimum atomic E-state index is 0.427. The summed E-state index contributed by atoms with van der Waals surface area (Å²) in [5.41, 5.74) is 0.427. The van der Waals surface area contributed by atoms with E-state index in [1.807, 2.05) is 0 Å². The molecule has 3 heteroatoms. The Balaban J connectivity index is 2.38. The van der Waals surface area contributed by atoms with Gasteiger partial charge in [-0.25, -0.2) is 0 Å². The Labute approximate surface area is 114 Å². The van der Waals surface area contributed by atoms with Crippen molar-refractivity contribution in [2.24, 2.45) is 5.41 Å². The lowest BCUT2D eigenvalue weighted by molar-refractivity contribution is 0.0738. The number of nitrogens with one attached hydrogen (secondary N) is 1. The van der Waals surface area contributed by atoms with Crippen LogP contribution in [-0.4, -0.2) is 61.7 Å². The summed E-state index contributed by atoms with van der Waals surface area (Å²) in [5.74, 6) is 0. The summed E-state index contributed by atoms with van der Waals surface area (Å²) in [4.78, 5) is 5.24. The first-order valence-corrected chi connectivity index (χ1v) is 7.68. The van der Waals surface area contributed by atoms with Crippen molar-refractivity contribution < 1.29 is 0 Å². The zero-order valence-electron chi connectivity index (χ0n) is 13.1. The zero-order chi connectivity index (χ0) is 13.6. The quantitative estimate of drug-likeness (QED) is 0.751. The van der Waals surface area contributed by atoms with Gasteiger partial charge in [-0.2, -0.15) is 0 Å². The molecule has 3 nitrogen and oxygen atoms in total. The Kier molecular flexibility index (Phi) is 6.61. The van der Waals surface area contributed by atoms with E-state index in [1.54, 1.807) is 0 Å². The van der Waals surface area contributed by atoms with Crippen LogP contribution in [-0.2, 0) is 0 Å². The number of piperazine rings is 1. The third-order valence-electron chi connectivity index (χ3n) is 4.40. The molecule has 0 aromatic rings. The third kappa shape index (κ3) is 4.87. The highest BCUT2D eigenvalue weighted by Gasteiger charge is 2.27. The van der Waals surface area contributed by atoms with E-state index >= 15 is 0 Å². The van der Waals surface area contributed by atoms with E-state index in [9.17, 15) is 0 Å². The SMILES string of the molecule is CCNCC(C)(CC)CN1CCN(C(C)C)CC1. The standard InChI is InChI=1S/C15H33N3/c1-6-15(5,12-16-7-2)13-17-8-10-18(11-9-17)14(3)4/h14,16H,6-13H2,1-5H3. The van der Waals surface area contributed by atoms with Crippen LogP contribution < -0.4 is 5.32 Å². The van der Waals surface area contributed by atoms with Crippen molar-refractivity contribution in [3.63, 3.8) is 0 Å². The summed E-state index contributed by atoms with van der Waals surface area (Å²) in [5, 5.41) is 3.52. The fourth-order valence-electron chi connectivity index (χ4n) is 2.70. The smallest absolute Gasteiger partial charge is 0.0113 e. The fraction of sp³-hybridized carbons (Fsp3) is 1.00. The van der Waals surface area contributed by atoms with Crippen molar-refractivity contribution in [1.82, 2.24) is 15.1 Å². The lowest BCUT2D eigenvalue weighted by atomic mass is 9.86. The largest absolute Gasteiger partial charge is 0.316 e. The number of rotatable bonds is 7. The summed E-state index contributed by atoms with van der Waals surface area (Å²) in [6.07, 6.45) is 1.25. The van der Waals surface area contributed by atoms with Crippen LogP contribution in [0.3, 0.4) is 0 Å². The molecule has 0 aromatic heterocycles. The predicted octanol–water partition coefficient (Wildman–Crippen LogP) is 2.04. The van der Waals surface area contributed by atoms with Gasteiger partial charge in [0.2, 0.25) is 0 Å². The highest BCUT2D eigenvalue weighted by Crippen LogP contribution is 2.22. The topological polar surface area (TPSA) is 18.5 Å². The monoisotopic (exact) mass is 255 g/mol. The van der Waals surface area contributed by atoms with Crippen molar-refractivity contribution in [1.29, 1.82) is 0 Å². The van der Waals surface area contributed by atoms with Crippen molar-refractivity contribution in [3.05, 3.63) is 0 Å². The first-order chi connectivity index (χ1) is 8.50. The van der Waals surface area contributed by atoms with Gasteiger partial charge in [-0.05, 0) is 32.2 Å². The van der Waals surface area contributed by atoms with Crippen molar-refractivity contribution >= 4 is 0 Å². The molecule has 0 aliphatic carbocycles. The number of hydrogen-bond acceptors (Lipinski definition) is 3. The lowest BCUT2D eigenvalue weighted by Gasteiger charge is -2.41. The molecule has 1 aliphatic rings. The second-order valence-electron chi connectivity index (χ2n) is 6.35. The molecule has 1 N–H and O–H groups in total. The third-order valence-corrected chi connectivity index (χ3v) is 4.40. The molecule has 1 saturated heterocycles. The molecule has 18 heavy (non-hydrogen) atoms. The average Bonchev–Trinajstić information content (AvgIpc) is 2.37. The van der Waals surface area contributed by atoms with Crippen LogP contribution in [0.1, 0.15) is 41.0 Å². The normalized spacial score (nSPS) is 22.3. The van der Waals surface area contributed by atoms with Crippen LogP contribution in [0.25, 0.3) is 0 Å². The summed E-state index contributed by atoms with van der Waals surface area (Å²) in [6, 6.07) is 0.700. The minimum Gasteiger partial charge on any atom is -0.316 e. The van der Waals surface area contributed by atoms with Gasteiger partial charge < -0.3 is 10.2 Å². The molecule has 0 aromatic carbocycles. The molecule has 0 saturated carbocycles. The van der Waals surface area contributed by atoms with E-state index in [-0.39, 0.29) is 0 Å². The van der Waals surface area contributed by atoms with Gasteiger partial charge in [0.15, 0.2) is 0 Å². The molecule has 0 spiro atoms. The molecule has 1 aliphatic heterocycles. The van der Waals surface area contributed by atoms with E-state index in [0.29, 0.717) is 11.5 Å². The Bertz CT molecular complexity index is 222. The maximum Gasteiger partial charge on any atom is 0.0113 e. The Hall–Kier alpha value is -0.120. The van der Waals surface area contributed by atoms with E-state index in [2.05, 4.69) is 49.7 Å². The lowest BCUT2D eigenvalue weighted by Crippen LogP contribution is -2.52. The van der Waals surface area contributed by atoms with E-state index in [0.717, 1.165) is 13.1 Å². The van der Waals surface area contributed by atoms with Crippen molar-refractivity contribution in [3.8, 4) is 0 Å². The molecule has 1 unspecified atom stereocenters. The summed E-state index contributed by atoms with van der Waals surface area (Å²) < 4.78 is 0. The van der Waals surface area contributed by atoms with Gasteiger partial charge in [-0.1, -0.05) is 20.8 Å². The molecular weight excluding hydrogens is 222 g/mol. The highest BCUT2D eigenvalue weighted by atomic mass is 15.3. The minimum absolute atomic E-state index is 0.427. The van der Waals surface area contributed by atoms with Crippen molar-refractivity contribution in [2.75, 3.05) is 45.8 Å². The van der Waals surface area contributed by atoms with E-state index in [1.165, 1.54) is 39.1 Å². The van der Waals surface area contributed by atoms with Gasteiger partial charge in [-0.3, -0.25) is 4.90 Å². The molecule has 1 atom stereocenters. The first-order valence-electron chi connectivity index (χ1n) is 7.68. The van der Waals surface area contributed by atoms with Crippen LogP contribution in [0.2, 0.25) is 0 Å². The van der Waals surface area contributed by atoms with Gasteiger partial charge in [-0.15, -0.1) is 0 Å². The molecule has 108 valence electrons. The molecule has 1 rings (SSSR count). The first kappa shape index (κ1) is 15.9. The average molecular weight is 255 g/mol. The summed E-state index contributed by atoms with van der Waals surface area (Å²) in [7, 11) is 0. The van der Waals surface area contributed by atoms with Crippen molar-refractivity contribution in [2.45, 2.75) is 47.1 Å². The maximum absolute atomic E-state index is 3.52.